The minimum absolute atomic E-state index is 0.110. The number of nitrogens with zero attached hydrogens (tertiary/aromatic N) is 5. The normalized spacial score (nSPS) is 26.8. The van der Waals surface area contributed by atoms with Gasteiger partial charge in [-0.05, 0) is 29.5 Å². The van der Waals surface area contributed by atoms with Crippen LogP contribution in [-0.2, 0) is 20.8 Å². The van der Waals surface area contributed by atoms with Gasteiger partial charge in [0.1, 0.15) is 6.10 Å². The number of carbonyl (C=O) groups excluding carboxylic acids is 1. The van der Waals surface area contributed by atoms with Crippen molar-refractivity contribution in [2.45, 2.75) is 38.3 Å². The summed E-state index contributed by atoms with van der Waals surface area (Å²) < 4.78 is 19.4. The highest BCUT2D eigenvalue weighted by atomic mass is 32.1. The lowest BCUT2D eigenvalue weighted by molar-refractivity contribution is -0.156. The van der Waals surface area contributed by atoms with E-state index in [1.807, 2.05) is 6.92 Å². The fraction of sp³-hybridized carbons (Fsp3) is 0.583. The Morgan fingerprint density at radius 1 is 1.43 bits per heavy atom. The van der Waals surface area contributed by atoms with Crippen LogP contribution in [0, 0.1) is 4.77 Å². The zero-order chi connectivity index (χ0) is 16.1. The number of ether oxygens (including phenoxy) is 2. The van der Waals surface area contributed by atoms with Gasteiger partial charge in [-0.2, -0.15) is 0 Å². The number of carbonyl (C=O) groups is 1. The Bertz CT molecular complexity index is 826. The Morgan fingerprint density at radius 3 is 2.96 bits per heavy atom. The van der Waals surface area contributed by atoms with Gasteiger partial charge in [-0.15, -0.1) is 5.10 Å². The van der Waals surface area contributed by atoms with Gasteiger partial charge >= 0.3 is 0 Å². The fourth-order valence-corrected chi connectivity index (χ4v) is 3.30. The number of Topliss-reactive ketones (excluding diaryl/α,β-unsaturated/α-hetero) is 1. The van der Waals surface area contributed by atoms with Crippen LogP contribution in [0.5, 0.6) is 0 Å². The molecular formula is C12H14N6O4S. The monoisotopic (exact) mass is 338 g/mol. The van der Waals surface area contributed by atoms with Crippen molar-refractivity contribution >= 4 is 23.8 Å². The van der Waals surface area contributed by atoms with E-state index < -0.39 is 6.29 Å². The fourth-order valence-electron chi connectivity index (χ4n) is 2.91. The Kier molecular flexibility index (Phi) is 3.28. The van der Waals surface area contributed by atoms with Crippen molar-refractivity contribution in [3.8, 4) is 11.5 Å². The molecule has 2 N–H and O–H groups in total. The van der Waals surface area contributed by atoms with E-state index >= 15 is 0 Å². The molecule has 2 aliphatic rings. The molecule has 0 saturated carbocycles. The summed E-state index contributed by atoms with van der Waals surface area (Å²) in [5.41, 5.74) is 6.07. The van der Waals surface area contributed by atoms with Crippen molar-refractivity contribution in [3.05, 3.63) is 4.77 Å². The van der Waals surface area contributed by atoms with E-state index in [0.29, 0.717) is 29.4 Å². The molecule has 2 fully saturated rings. The first kappa shape index (κ1) is 14.5. The maximum Gasteiger partial charge on any atom is 0.218 e. The minimum atomic E-state index is -0.756. The molecule has 122 valence electrons. The lowest BCUT2D eigenvalue weighted by Gasteiger charge is -2.26. The number of hydrogen-bond donors (Lipinski definition) is 1. The summed E-state index contributed by atoms with van der Waals surface area (Å²) in [6.45, 7) is 2.82. The second-order valence-electron chi connectivity index (χ2n) is 5.37. The Morgan fingerprint density at radius 2 is 2.26 bits per heavy atom. The van der Waals surface area contributed by atoms with Crippen LogP contribution in [0.2, 0.25) is 0 Å². The molecule has 0 aliphatic carbocycles. The van der Waals surface area contributed by atoms with Crippen LogP contribution in [0.1, 0.15) is 19.4 Å². The van der Waals surface area contributed by atoms with Crippen molar-refractivity contribution in [3.63, 3.8) is 0 Å². The first-order valence-electron chi connectivity index (χ1n) is 7.17. The van der Waals surface area contributed by atoms with Crippen LogP contribution in [0.25, 0.3) is 11.5 Å². The summed E-state index contributed by atoms with van der Waals surface area (Å²) in [6, 6.07) is -0.318. The molecule has 0 radical (unpaired) electrons. The third-order valence-electron chi connectivity index (χ3n) is 4.05. The number of anilines is 1. The van der Waals surface area contributed by atoms with Gasteiger partial charge in [-0.1, -0.05) is 0 Å². The maximum atomic E-state index is 12.0. The van der Waals surface area contributed by atoms with Crippen molar-refractivity contribution in [2.24, 2.45) is 0 Å². The SMILES string of the molecule is CCn1c(-c2nonc2N)nn([C@@H]2CC(=O)[C@H]3OC[C@@H]2O3)c1=S. The van der Waals surface area contributed by atoms with Gasteiger partial charge in [0, 0.05) is 13.0 Å². The van der Waals surface area contributed by atoms with E-state index in [-0.39, 0.29) is 30.2 Å². The van der Waals surface area contributed by atoms with E-state index in [4.69, 9.17) is 27.4 Å². The summed E-state index contributed by atoms with van der Waals surface area (Å²) in [5.74, 6) is 0.470. The van der Waals surface area contributed by atoms with Crippen molar-refractivity contribution in [2.75, 3.05) is 12.3 Å². The average Bonchev–Trinajstić information content (AvgIpc) is 3.21. The van der Waals surface area contributed by atoms with E-state index in [1.165, 1.54) is 0 Å². The lowest BCUT2D eigenvalue weighted by Crippen LogP contribution is -2.37. The highest BCUT2D eigenvalue weighted by molar-refractivity contribution is 7.71. The second kappa shape index (κ2) is 5.22. The molecule has 4 rings (SSSR count). The third-order valence-corrected chi connectivity index (χ3v) is 4.46. The molecule has 0 spiro atoms. The molecule has 2 bridgehead atoms. The van der Waals surface area contributed by atoms with Crippen molar-refractivity contribution in [1.29, 1.82) is 0 Å². The molecule has 0 aromatic carbocycles. The van der Waals surface area contributed by atoms with Crippen LogP contribution in [0.15, 0.2) is 4.63 Å². The third kappa shape index (κ3) is 2.11. The molecule has 0 unspecified atom stereocenters. The second-order valence-corrected chi connectivity index (χ2v) is 5.74. The van der Waals surface area contributed by atoms with Crippen LogP contribution in [0.4, 0.5) is 5.82 Å². The molecule has 2 aliphatic heterocycles. The first-order chi connectivity index (χ1) is 11.1. The summed E-state index contributed by atoms with van der Waals surface area (Å²) in [7, 11) is 0. The largest absolute Gasteiger partial charge is 0.379 e. The summed E-state index contributed by atoms with van der Waals surface area (Å²) >= 11 is 5.50. The van der Waals surface area contributed by atoms with E-state index in [9.17, 15) is 4.79 Å². The van der Waals surface area contributed by atoms with Gasteiger partial charge in [0.15, 0.2) is 27.9 Å². The van der Waals surface area contributed by atoms with Crippen LogP contribution < -0.4 is 5.73 Å². The molecule has 2 aromatic heterocycles. The van der Waals surface area contributed by atoms with E-state index in [2.05, 4.69) is 20.0 Å². The number of nitrogen functional groups attached to an aromatic ring is 1. The predicted molar refractivity (Wildman–Crippen MR) is 77.7 cm³/mol. The topological polar surface area (TPSA) is 123 Å². The van der Waals surface area contributed by atoms with Gasteiger partial charge in [0.05, 0.1) is 12.6 Å². The van der Waals surface area contributed by atoms with Gasteiger partial charge in [0.25, 0.3) is 0 Å². The van der Waals surface area contributed by atoms with Gasteiger partial charge in [-0.25, -0.2) is 9.31 Å². The molecule has 4 heterocycles. The molecule has 10 nitrogen and oxygen atoms in total. The van der Waals surface area contributed by atoms with E-state index in [1.54, 1.807) is 9.25 Å². The summed E-state index contributed by atoms with van der Waals surface area (Å²) in [5, 5.41) is 11.8. The van der Waals surface area contributed by atoms with E-state index in [0.717, 1.165) is 0 Å². The summed E-state index contributed by atoms with van der Waals surface area (Å²) in [6.07, 6.45) is -0.755. The Balaban J connectivity index is 1.81. The van der Waals surface area contributed by atoms with Gasteiger partial charge in [-0.3, -0.25) is 9.36 Å². The van der Waals surface area contributed by atoms with Crippen molar-refractivity contribution in [1.82, 2.24) is 24.7 Å². The van der Waals surface area contributed by atoms with Gasteiger partial charge in [0.2, 0.25) is 6.29 Å². The smallest absolute Gasteiger partial charge is 0.218 e. The quantitative estimate of drug-likeness (QED) is 0.788. The van der Waals surface area contributed by atoms with Gasteiger partial charge < -0.3 is 15.2 Å². The standard InChI is InChI=1S/C12H14N6O4S/c1-2-17-10(8-9(13)16-22-15-8)14-18(12(17)23)5-3-6(19)11-20-4-7(5)21-11/h5,7,11H,2-4H2,1H3,(H2,13,16)/t5-,7+,11+/m1/s1. The molecule has 11 heteroatoms. The molecular weight excluding hydrogens is 324 g/mol. The highest BCUT2D eigenvalue weighted by Gasteiger charge is 2.45. The number of aromatic nitrogens is 5. The highest BCUT2D eigenvalue weighted by Crippen LogP contribution is 2.34. The summed E-state index contributed by atoms with van der Waals surface area (Å²) in [4.78, 5) is 12.0. The maximum absolute atomic E-state index is 12.0. The predicted octanol–water partition coefficient (Wildman–Crippen LogP) is 0.322. The molecule has 3 atom stereocenters. The number of hydrogen-bond acceptors (Lipinski definition) is 9. The number of ketones is 1. The minimum Gasteiger partial charge on any atom is -0.379 e. The zero-order valence-electron chi connectivity index (χ0n) is 12.2. The van der Waals surface area contributed by atoms with Crippen LogP contribution in [0.3, 0.4) is 0 Å². The number of fused-ring (bicyclic) bond motifs is 2. The average molecular weight is 338 g/mol. The molecule has 0 amide bonds. The zero-order valence-corrected chi connectivity index (χ0v) is 13.0. The Hall–Kier alpha value is -2.11. The van der Waals surface area contributed by atoms with Crippen LogP contribution >= 0.6 is 12.2 Å². The molecule has 2 saturated heterocycles. The Labute approximate surface area is 135 Å². The van der Waals surface area contributed by atoms with Crippen LogP contribution in [-0.4, -0.2) is 49.4 Å². The van der Waals surface area contributed by atoms with Crippen molar-refractivity contribution < 1.29 is 18.9 Å². The first-order valence-corrected chi connectivity index (χ1v) is 7.58. The molecule has 23 heavy (non-hydrogen) atoms. The number of rotatable bonds is 3. The lowest BCUT2D eigenvalue weighted by atomic mass is 10.0. The number of nitrogens with two attached hydrogens (primary N) is 1. The molecule has 2 aromatic rings.